The Labute approximate surface area is 135 Å². The largest absolute Gasteiger partial charge is 0.536 e. The molecule has 0 spiro atoms. The maximum atomic E-state index is 5.62. The molecule has 1 aromatic rings. The van der Waals surface area contributed by atoms with Crippen LogP contribution in [0.5, 0.6) is 0 Å². The Kier molecular flexibility index (Phi) is 7.36. The molecule has 0 saturated carbocycles. The van der Waals surface area contributed by atoms with Crippen molar-refractivity contribution in [2.75, 3.05) is 42.7 Å². The molecule has 1 aromatic carbocycles. The summed E-state index contributed by atoms with van der Waals surface area (Å²) in [6.45, 7) is 2.03. The van der Waals surface area contributed by atoms with E-state index in [0.29, 0.717) is 6.04 Å². The molecule has 1 rings (SSSR count). The van der Waals surface area contributed by atoms with Crippen LogP contribution in [0.15, 0.2) is 18.2 Å². The van der Waals surface area contributed by atoms with Crippen LogP contribution in [0.1, 0.15) is 11.1 Å². The van der Waals surface area contributed by atoms with Gasteiger partial charge in [-0.1, -0.05) is 18.2 Å². The van der Waals surface area contributed by atoms with Crippen LogP contribution in [-0.2, 0) is 32.6 Å². The second kappa shape index (κ2) is 8.32. The van der Waals surface area contributed by atoms with Gasteiger partial charge in [-0.3, -0.25) is 0 Å². The Morgan fingerprint density at radius 1 is 0.773 bits per heavy atom. The summed E-state index contributed by atoms with van der Waals surface area (Å²) in [5.74, 6) is 0. The maximum absolute atomic E-state index is 5.62. The first-order valence-electron chi connectivity index (χ1n) is 6.88. The maximum Gasteiger partial charge on any atom is 0.536 e. The van der Waals surface area contributed by atoms with Crippen molar-refractivity contribution < 1.29 is 26.6 Å². The zero-order chi connectivity index (χ0) is 16.8. The molecule has 0 aromatic heterocycles. The van der Waals surface area contributed by atoms with E-state index in [-0.39, 0.29) is 0 Å². The average molecular weight is 347 g/mol. The number of hydrogen-bond donors (Lipinski definition) is 0. The molecule has 0 saturated heterocycles. The molecule has 126 valence electrons. The molecular formula is C14H26O6Si2. The fourth-order valence-corrected chi connectivity index (χ4v) is 6.61. The van der Waals surface area contributed by atoms with Gasteiger partial charge in [-0.2, -0.15) is 0 Å². The van der Waals surface area contributed by atoms with Crippen LogP contribution in [0.3, 0.4) is 0 Å². The summed E-state index contributed by atoms with van der Waals surface area (Å²) in [5.41, 5.74) is 2.11. The van der Waals surface area contributed by atoms with E-state index in [1.807, 2.05) is 25.1 Å². The van der Waals surface area contributed by atoms with E-state index in [1.54, 1.807) is 42.7 Å². The SMILES string of the molecule is CO[Si](Cc1c(C)cccc1[Si](OC)(OC)OC)(OC)OC. The van der Waals surface area contributed by atoms with Crippen LogP contribution in [0.25, 0.3) is 0 Å². The molecule has 0 fully saturated rings. The zero-order valence-corrected chi connectivity index (χ0v) is 16.4. The second-order valence-electron chi connectivity index (χ2n) is 4.74. The molecular weight excluding hydrogens is 320 g/mol. The van der Waals surface area contributed by atoms with Crippen molar-refractivity contribution in [3.8, 4) is 0 Å². The van der Waals surface area contributed by atoms with Crippen LogP contribution >= 0.6 is 0 Å². The summed E-state index contributed by atoms with van der Waals surface area (Å²) in [7, 11) is 3.86. The number of hydrogen-bond acceptors (Lipinski definition) is 6. The molecule has 0 aliphatic rings. The molecule has 0 aliphatic heterocycles. The predicted molar refractivity (Wildman–Crippen MR) is 88.1 cm³/mol. The molecule has 0 amide bonds. The standard InChI is InChI=1S/C14H26O6Si2/c1-12-9-8-10-14(22(18-5,19-6)20-7)13(12)11-21(15-2,16-3)17-4/h8-10H,11H2,1-7H3. The van der Waals surface area contributed by atoms with Gasteiger partial charge in [0.05, 0.1) is 0 Å². The van der Waals surface area contributed by atoms with E-state index in [2.05, 4.69) is 0 Å². The van der Waals surface area contributed by atoms with E-state index in [0.717, 1.165) is 16.3 Å². The van der Waals surface area contributed by atoms with E-state index >= 15 is 0 Å². The summed E-state index contributed by atoms with van der Waals surface area (Å²) >= 11 is 0. The van der Waals surface area contributed by atoms with Gasteiger partial charge in [0.1, 0.15) is 0 Å². The van der Waals surface area contributed by atoms with Gasteiger partial charge < -0.3 is 26.6 Å². The Hall–Kier alpha value is -0.586. The van der Waals surface area contributed by atoms with E-state index < -0.39 is 17.6 Å². The third kappa shape index (κ3) is 3.66. The molecule has 0 atom stereocenters. The molecule has 0 heterocycles. The molecule has 0 bridgehead atoms. The lowest BCUT2D eigenvalue weighted by Crippen LogP contribution is -2.57. The molecule has 0 N–H and O–H groups in total. The van der Waals surface area contributed by atoms with Crippen molar-refractivity contribution in [1.82, 2.24) is 0 Å². The normalized spacial score (nSPS) is 12.7. The molecule has 8 heteroatoms. The smallest absolute Gasteiger partial charge is 0.377 e. The van der Waals surface area contributed by atoms with Crippen LogP contribution in [0.4, 0.5) is 0 Å². The topological polar surface area (TPSA) is 55.4 Å². The summed E-state index contributed by atoms with van der Waals surface area (Å²) in [6, 6.07) is 6.47. The lowest BCUT2D eigenvalue weighted by atomic mass is 10.1. The van der Waals surface area contributed by atoms with Gasteiger partial charge in [0.25, 0.3) is 0 Å². The van der Waals surface area contributed by atoms with Crippen LogP contribution in [-0.4, -0.2) is 60.3 Å². The van der Waals surface area contributed by atoms with Gasteiger partial charge in [-0.15, -0.1) is 0 Å². The fourth-order valence-electron chi connectivity index (χ4n) is 2.49. The summed E-state index contributed by atoms with van der Waals surface area (Å²) < 4.78 is 33.5. The lowest BCUT2D eigenvalue weighted by molar-refractivity contribution is 0.122. The van der Waals surface area contributed by atoms with Crippen molar-refractivity contribution in [2.45, 2.75) is 13.0 Å². The van der Waals surface area contributed by atoms with Crippen LogP contribution in [0.2, 0.25) is 0 Å². The van der Waals surface area contributed by atoms with Crippen molar-refractivity contribution in [1.29, 1.82) is 0 Å². The minimum absolute atomic E-state index is 0.517. The minimum atomic E-state index is -2.95. The first kappa shape index (κ1) is 19.5. The highest BCUT2D eigenvalue weighted by Crippen LogP contribution is 2.20. The van der Waals surface area contributed by atoms with Crippen LogP contribution in [0, 0.1) is 6.92 Å². The van der Waals surface area contributed by atoms with Crippen molar-refractivity contribution in [2.24, 2.45) is 0 Å². The highest BCUT2D eigenvalue weighted by atomic mass is 28.4. The average Bonchev–Trinajstić information content (AvgIpc) is 2.57. The molecule has 0 unspecified atom stereocenters. The Morgan fingerprint density at radius 2 is 1.27 bits per heavy atom. The van der Waals surface area contributed by atoms with Gasteiger partial charge >= 0.3 is 17.6 Å². The number of aryl methyl sites for hydroxylation is 1. The van der Waals surface area contributed by atoms with E-state index in [4.69, 9.17) is 26.6 Å². The minimum Gasteiger partial charge on any atom is -0.377 e. The predicted octanol–water partition coefficient (Wildman–Crippen LogP) is 1.04. The molecule has 22 heavy (non-hydrogen) atoms. The second-order valence-corrected chi connectivity index (χ2v) is 10.6. The zero-order valence-electron chi connectivity index (χ0n) is 14.4. The monoisotopic (exact) mass is 346 g/mol. The quantitative estimate of drug-likeness (QED) is 0.623. The molecule has 0 radical (unpaired) electrons. The third-order valence-electron chi connectivity index (χ3n) is 3.87. The van der Waals surface area contributed by atoms with Gasteiger partial charge in [0.2, 0.25) is 0 Å². The lowest BCUT2D eigenvalue weighted by Gasteiger charge is -2.30. The first-order chi connectivity index (χ1) is 10.5. The highest BCUT2D eigenvalue weighted by molar-refractivity contribution is 6.76. The van der Waals surface area contributed by atoms with Crippen LogP contribution < -0.4 is 5.19 Å². The van der Waals surface area contributed by atoms with Crippen molar-refractivity contribution in [3.05, 3.63) is 29.3 Å². The van der Waals surface area contributed by atoms with Gasteiger partial charge in [0, 0.05) is 53.9 Å². The van der Waals surface area contributed by atoms with Crippen molar-refractivity contribution >= 4 is 22.8 Å². The molecule has 0 aliphatic carbocycles. The highest BCUT2D eigenvalue weighted by Gasteiger charge is 2.46. The first-order valence-corrected chi connectivity index (χ1v) is 10.5. The number of rotatable bonds is 9. The summed E-state index contributed by atoms with van der Waals surface area (Å²) in [5, 5.41) is 0.906. The third-order valence-corrected chi connectivity index (χ3v) is 9.27. The Morgan fingerprint density at radius 3 is 1.68 bits per heavy atom. The Bertz CT molecular complexity index is 458. The van der Waals surface area contributed by atoms with Gasteiger partial charge in [-0.25, -0.2) is 0 Å². The fraction of sp³-hybridized carbons (Fsp3) is 0.571. The number of benzene rings is 1. The van der Waals surface area contributed by atoms with E-state index in [9.17, 15) is 0 Å². The van der Waals surface area contributed by atoms with Gasteiger partial charge in [0.15, 0.2) is 0 Å². The summed E-state index contributed by atoms with van der Waals surface area (Å²) in [4.78, 5) is 0. The summed E-state index contributed by atoms with van der Waals surface area (Å²) in [6.07, 6.45) is 0. The van der Waals surface area contributed by atoms with Gasteiger partial charge in [-0.05, 0) is 18.1 Å². The Balaban J connectivity index is 3.42. The van der Waals surface area contributed by atoms with E-state index in [1.165, 1.54) is 0 Å². The molecule has 6 nitrogen and oxygen atoms in total. The van der Waals surface area contributed by atoms with Crippen molar-refractivity contribution in [3.63, 3.8) is 0 Å².